The Morgan fingerprint density at radius 2 is 1.57 bits per heavy atom. The molecule has 3 aromatic carbocycles. The van der Waals surface area contributed by atoms with Crippen molar-refractivity contribution in [3.8, 4) is 0 Å². The SMILES string of the molecule is O=C(OCc1ccccc1)N(Cc1ccccc1)CC(O)c1cccc(Cl)c1. The Labute approximate surface area is 170 Å². The van der Waals surface area contributed by atoms with Crippen molar-refractivity contribution in [3.63, 3.8) is 0 Å². The fourth-order valence-electron chi connectivity index (χ4n) is 2.85. The zero-order valence-electron chi connectivity index (χ0n) is 15.4. The third kappa shape index (κ3) is 5.84. The number of carbonyl (C=O) groups is 1. The second-order valence-electron chi connectivity index (χ2n) is 6.48. The number of halogens is 1. The number of rotatable bonds is 7. The summed E-state index contributed by atoms with van der Waals surface area (Å²) in [6, 6.07) is 26.1. The minimum absolute atomic E-state index is 0.100. The molecule has 0 spiro atoms. The average Bonchev–Trinajstić information content (AvgIpc) is 2.73. The van der Waals surface area contributed by atoms with Gasteiger partial charge in [-0.1, -0.05) is 84.4 Å². The van der Waals surface area contributed by atoms with Gasteiger partial charge in [0.2, 0.25) is 0 Å². The first-order valence-electron chi connectivity index (χ1n) is 9.05. The number of amides is 1. The van der Waals surface area contributed by atoms with E-state index in [0.717, 1.165) is 11.1 Å². The van der Waals surface area contributed by atoms with Crippen LogP contribution in [0.4, 0.5) is 4.79 Å². The van der Waals surface area contributed by atoms with E-state index in [0.29, 0.717) is 17.1 Å². The Hall–Kier alpha value is -2.82. The van der Waals surface area contributed by atoms with Gasteiger partial charge in [-0.2, -0.15) is 0 Å². The van der Waals surface area contributed by atoms with Crippen molar-refractivity contribution in [3.05, 3.63) is 107 Å². The first-order valence-corrected chi connectivity index (χ1v) is 9.42. The van der Waals surface area contributed by atoms with E-state index in [-0.39, 0.29) is 13.2 Å². The number of hydrogen-bond donors (Lipinski definition) is 1. The summed E-state index contributed by atoms with van der Waals surface area (Å²) in [5.41, 5.74) is 2.52. The van der Waals surface area contributed by atoms with E-state index in [1.54, 1.807) is 24.3 Å². The van der Waals surface area contributed by atoms with Crippen molar-refractivity contribution in [2.75, 3.05) is 6.54 Å². The highest BCUT2D eigenvalue weighted by atomic mass is 35.5. The fraction of sp³-hybridized carbons (Fsp3) is 0.174. The first-order chi connectivity index (χ1) is 13.6. The molecule has 1 atom stereocenters. The maximum absolute atomic E-state index is 12.7. The molecule has 0 aliphatic rings. The first kappa shape index (κ1) is 19.9. The lowest BCUT2D eigenvalue weighted by atomic mass is 10.1. The minimum atomic E-state index is -0.869. The third-order valence-corrected chi connectivity index (χ3v) is 4.54. The Balaban J connectivity index is 1.71. The Bertz CT molecular complexity index is 887. The van der Waals surface area contributed by atoms with E-state index >= 15 is 0 Å². The lowest BCUT2D eigenvalue weighted by molar-refractivity contribution is 0.0657. The zero-order chi connectivity index (χ0) is 19.8. The van der Waals surface area contributed by atoms with E-state index in [1.165, 1.54) is 4.90 Å². The summed E-state index contributed by atoms with van der Waals surface area (Å²) in [6.07, 6.45) is -1.35. The lowest BCUT2D eigenvalue weighted by Gasteiger charge is -2.25. The summed E-state index contributed by atoms with van der Waals surface area (Å²) < 4.78 is 5.47. The highest BCUT2D eigenvalue weighted by molar-refractivity contribution is 6.30. The summed E-state index contributed by atoms with van der Waals surface area (Å²) in [5, 5.41) is 11.2. The van der Waals surface area contributed by atoms with Gasteiger partial charge in [-0.15, -0.1) is 0 Å². The molecule has 3 rings (SSSR count). The second-order valence-corrected chi connectivity index (χ2v) is 6.91. The van der Waals surface area contributed by atoms with Gasteiger partial charge < -0.3 is 14.7 Å². The van der Waals surface area contributed by atoms with E-state index in [9.17, 15) is 9.90 Å². The van der Waals surface area contributed by atoms with Gasteiger partial charge in [-0.05, 0) is 28.8 Å². The summed E-state index contributed by atoms with van der Waals surface area (Å²) in [6.45, 7) is 0.618. The Morgan fingerprint density at radius 3 is 2.21 bits per heavy atom. The molecule has 4 nitrogen and oxygen atoms in total. The maximum atomic E-state index is 12.7. The summed E-state index contributed by atoms with van der Waals surface area (Å²) in [7, 11) is 0. The fourth-order valence-corrected chi connectivity index (χ4v) is 3.04. The predicted octanol–water partition coefficient (Wildman–Crippen LogP) is 5.21. The van der Waals surface area contributed by atoms with Crippen LogP contribution in [0.2, 0.25) is 5.02 Å². The van der Waals surface area contributed by atoms with Crippen molar-refractivity contribution in [1.82, 2.24) is 4.90 Å². The van der Waals surface area contributed by atoms with E-state index in [1.807, 2.05) is 60.7 Å². The molecule has 0 saturated heterocycles. The number of aliphatic hydroxyl groups excluding tert-OH is 1. The maximum Gasteiger partial charge on any atom is 0.410 e. The van der Waals surface area contributed by atoms with Crippen LogP contribution in [0.1, 0.15) is 22.8 Å². The van der Waals surface area contributed by atoms with Crippen LogP contribution in [-0.4, -0.2) is 22.6 Å². The van der Waals surface area contributed by atoms with Crippen LogP contribution in [0.3, 0.4) is 0 Å². The number of aliphatic hydroxyl groups is 1. The molecule has 144 valence electrons. The van der Waals surface area contributed by atoms with Crippen LogP contribution < -0.4 is 0 Å². The van der Waals surface area contributed by atoms with Crippen LogP contribution in [0.15, 0.2) is 84.9 Å². The van der Waals surface area contributed by atoms with Gasteiger partial charge in [-0.3, -0.25) is 0 Å². The topological polar surface area (TPSA) is 49.8 Å². The van der Waals surface area contributed by atoms with Gasteiger partial charge in [0.05, 0.1) is 12.6 Å². The molecule has 28 heavy (non-hydrogen) atoms. The van der Waals surface area contributed by atoms with Gasteiger partial charge in [0, 0.05) is 11.6 Å². The molecule has 5 heteroatoms. The Morgan fingerprint density at radius 1 is 0.929 bits per heavy atom. The summed E-state index contributed by atoms with van der Waals surface area (Å²) in [5.74, 6) is 0. The quantitative estimate of drug-likeness (QED) is 0.597. The van der Waals surface area contributed by atoms with Gasteiger partial charge in [-0.25, -0.2) is 4.79 Å². The van der Waals surface area contributed by atoms with Gasteiger partial charge >= 0.3 is 6.09 Å². The van der Waals surface area contributed by atoms with Crippen molar-refractivity contribution in [2.45, 2.75) is 19.3 Å². The number of ether oxygens (including phenoxy) is 1. The molecule has 0 radical (unpaired) electrons. The molecule has 1 unspecified atom stereocenters. The third-order valence-electron chi connectivity index (χ3n) is 4.31. The molecule has 0 aliphatic carbocycles. The normalized spacial score (nSPS) is 11.6. The van der Waals surface area contributed by atoms with Crippen molar-refractivity contribution >= 4 is 17.7 Å². The smallest absolute Gasteiger partial charge is 0.410 e. The molecule has 0 aliphatic heterocycles. The number of benzene rings is 3. The number of carbonyl (C=O) groups excluding carboxylic acids is 1. The highest BCUT2D eigenvalue weighted by Gasteiger charge is 2.21. The van der Waals surface area contributed by atoms with Crippen molar-refractivity contribution in [1.29, 1.82) is 0 Å². The standard InChI is InChI=1S/C23H22ClNO3/c24-21-13-7-12-20(14-21)22(26)16-25(15-18-8-3-1-4-9-18)23(27)28-17-19-10-5-2-6-11-19/h1-14,22,26H,15-17H2. The zero-order valence-corrected chi connectivity index (χ0v) is 16.1. The largest absolute Gasteiger partial charge is 0.445 e. The van der Waals surface area contributed by atoms with Crippen LogP contribution in [0.25, 0.3) is 0 Å². The summed E-state index contributed by atoms with van der Waals surface area (Å²) >= 11 is 6.02. The molecule has 0 aromatic heterocycles. The van der Waals surface area contributed by atoms with Crippen LogP contribution in [-0.2, 0) is 17.9 Å². The second kappa shape index (κ2) is 9.93. The summed E-state index contributed by atoms with van der Waals surface area (Å²) in [4.78, 5) is 14.2. The molecule has 3 aromatic rings. The highest BCUT2D eigenvalue weighted by Crippen LogP contribution is 2.20. The van der Waals surface area contributed by atoms with Gasteiger partial charge in [0.25, 0.3) is 0 Å². The van der Waals surface area contributed by atoms with Crippen molar-refractivity contribution in [2.24, 2.45) is 0 Å². The lowest BCUT2D eigenvalue weighted by Crippen LogP contribution is -2.34. The molecule has 0 bridgehead atoms. The van der Waals surface area contributed by atoms with E-state index in [2.05, 4.69) is 0 Å². The van der Waals surface area contributed by atoms with Crippen LogP contribution in [0.5, 0.6) is 0 Å². The Kier molecular flexibility index (Phi) is 7.06. The van der Waals surface area contributed by atoms with Crippen LogP contribution >= 0.6 is 11.6 Å². The number of hydrogen-bond acceptors (Lipinski definition) is 3. The molecule has 0 saturated carbocycles. The van der Waals surface area contributed by atoms with Crippen LogP contribution in [0, 0.1) is 0 Å². The molecule has 1 N–H and O–H groups in total. The van der Waals surface area contributed by atoms with Gasteiger partial charge in [0.15, 0.2) is 0 Å². The number of nitrogens with zero attached hydrogens (tertiary/aromatic N) is 1. The van der Waals surface area contributed by atoms with E-state index < -0.39 is 12.2 Å². The average molecular weight is 396 g/mol. The molecule has 0 heterocycles. The van der Waals surface area contributed by atoms with E-state index in [4.69, 9.17) is 16.3 Å². The van der Waals surface area contributed by atoms with Crippen molar-refractivity contribution < 1.29 is 14.6 Å². The van der Waals surface area contributed by atoms with Gasteiger partial charge in [0.1, 0.15) is 6.61 Å². The molecule has 0 fully saturated rings. The molecular weight excluding hydrogens is 374 g/mol. The monoisotopic (exact) mass is 395 g/mol. The predicted molar refractivity (Wildman–Crippen MR) is 110 cm³/mol. The molecule has 1 amide bonds. The molecular formula is C23H22ClNO3. The minimum Gasteiger partial charge on any atom is -0.445 e.